The van der Waals surface area contributed by atoms with Gasteiger partial charge in [-0.1, -0.05) is 103 Å². The summed E-state index contributed by atoms with van der Waals surface area (Å²) in [4.78, 5) is 44.6. The van der Waals surface area contributed by atoms with Crippen LogP contribution in [0.3, 0.4) is 0 Å². The zero-order valence-corrected chi connectivity index (χ0v) is 32.1. The van der Waals surface area contributed by atoms with Gasteiger partial charge in [-0.3, -0.25) is 9.59 Å². The van der Waals surface area contributed by atoms with E-state index in [1.165, 1.54) is 70.6 Å². The zero-order chi connectivity index (χ0) is 29.7. The Balaban J connectivity index is -0.00000760. The topological polar surface area (TPSA) is 146 Å². The van der Waals surface area contributed by atoms with Crippen molar-refractivity contribution < 1.29 is 102 Å². The van der Waals surface area contributed by atoms with Gasteiger partial charge in [-0.2, -0.15) is 0 Å². The number of carbonyl (C=O) groups excluding carboxylic acids is 2. The van der Waals surface area contributed by atoms with Gasteiger partial charge in [-0.25, -0.2) is 0 Å². The van der Waals surface area contributed by atoms with E-state index < -0.39 is 26.5 Å². The number of nitrogens with one attached hydrogen (secondary N) is 1. The van der Waals surface area contributed by atoms with Crippen molar-refractivity contribution in [3.63, 3.8) is 0 Å². The molecule has 1 atom stereocenters. The Bertz CT molecular complexity index is 657. The Morgan fingerprint density at radius 2 is 1.21 bits per heavy atom. The molecule has 238 valence electrons. The van der Waals surface area contributed by atoms with Gasteiger partial charge in [0.25, 0.3) is 0 Å². The van der Waals surface area contributed by atoms with Crippen molar-refractivity contribution >= 4 is 19.7 Å². The molecule has 0 aromatic carbocycles. The van der Waals surface area contributed by atoms with Gasteiger partial charge in [0.1, 0.15) is 12.9 Å². The number of phosphoric ester groups is 1. The molecule has 0 aliphatic carbocycles. The van der Waals surface area contributed by atoms with Crippen molar-refractivity contribution in [2.24, 2.45) is 0 Å². The Kier molecular flexibility index (Phi) is 39.3. The third kappa shape index (κ3) is 39.0. The normalized spacial score (nSPS) is 11.8. The summed E-state index contributed by atoms with van der Waals surface area (Å²) in [7, 11) is -5.17. The number of hydrogen-bond acceptors (Lipinski definition) is 9. The molecule has 0 rings (SSSR count). The van der Waals surface area contributed by atoms with Crippen LogP contribution in [0.5, 0.6) is 0 Å². The first kappa shape index (κ1) is 47.4. The van der Waals surface area contributed by atoms with Gasteiger partial charge in [-0.05, 0) is 19.3 Å². The summed E-state index contributed by atoms with van der Waals surface area (Å²) in [6.07, 6.45) is 19.6. The fourth-order valence-corrected chi connectivity index (χ4v) is 4.59. The third-order valence-corrected chi connectivity index (χ3v) is 6.98. The quantitative estimate of drug-likeness (QED) is 0.0355. The van der Waals surface area contributed by atoms with E-state index in [1.54, 1.807) is 6.92 Å². The largest absolute Gasteiger partial charge is 1.00 e. The van der Waals surface area contributed by atoms with E-state index in [1.807, 2.05) is 0 Å². The fraction of sp³-hybridized carbons (Fsp3) is 0.931. The number of amides is 1. The summed E-state index contributed by atoms with van der Waals surface area (Å²) in [5, 5.41) is 2.82. The molecule has 0 aliphatic rings. The third-order valence-electron chi connectivity index (χ3n) is 6.51. The molecule has 0 aliphatic heterocycles. The van der Waals surface area contributed by atoms with Gasteiger partial charge < -0.3 is 38.4 Å². The van der Waals surface area contributed by atoms with E-state index in [2.05, 4.69) is 16.8 Å². The predicted octanol–water partition coefficient (Wildman–Crippen LogP) is -0.690. The van der Waals surface area contributed by atoms with Crippen LogP contribution < -0.4 is 74.2 Å². The van der Waals surface area contributed by atoms with Crippen molar-refractivity contribution in [1.82, 2.24) is 5.32 Å². The fourth-order valence-electron chi connectivity index (χ4n) is 4.24. The maximum absolute atomic E-state index is 12.1. The first-order chi connectivity index (χ1) is 19.2. The molecule has 0 saturated heterocycles. The number of rotatable bonds is 30. The van der Waals surface area contributed by atoms with Crippen LogP contribution in [0.25, 0.3) is 0 Å². The SMILES string of the molecule is CCCCCCCCCC(=O)O[C@H](COCOCCCCCCCCCCCCCNC(C)=O)COP(=O)([O-])[O-].[Na+].[Na+]. The zero-order valence-electron chi connectivity index (χ0n) is 27.2. The van der Waals surface area contributed by atoms with Crippen LogP contribution in [0, 0.1) is 0 Å². The number of carbonyl (C=O) groups is 2. The van der Waals surface area contributed by atoms with Gasteiger partial charge in [-0.15, -0.1) is 0 Å². The second-order valence-corrected chi connectivity index (χ2v) is 11.6. The molecule has 13 heteroatoms. The maximum atomic E-state index is 12.1. The standard InChI is InChI=1S/C29H58NO9P.2Na/c1-3-4-5-6-12-15-18-21-29(32)39-28(25-38-40(33,34)35)24-37-26-36-23-20-17-14-11-9-7-8-10-13-16-19-22-30-27(2)31;;/h28H,3-26H2,1-2H3,(H,30,31)(H2,33,34,35);;/q;2*+1/p-2/t28-;;/m1../s1. The minimum atomic E-state index is -5.17. The number of hydrogen-bond donors (Lipinski definition) is 1. The van der Waals surface area contributed by atoms with Crippen molar-refractivity contribution in [2.45, 2.75) is 142 Å². The molecule has 0 saturated carbocycles. The Hall–Kier alpha value is 0.970. The molecule has 1 amide bonds. The van der Waals surface area contributed by atoms with E-state index in [4.69, 9.17) is 14.2 Å². The van der Waals surface area contributed by atoms with Crippen LogP contribution in [0.15, 0.2) is 0 Å². The summed E-state index contributed by atoms with van der Waals surface area (Å²) < 4.78 is 31.2. The van der Waals surface area contributed by atoms with Crippen molar-refractivity contribution in [2.75, 3.05) is 33.2 Å². The van der Waals surface area contributed by atoms with Crippen molar-refractivity contribution in [3.8, 4) is 0 Å². The minimum Gasteiger partial charge on any atom is -0.790 e. The number of esters is 1. The van der Waals surface area contributed by atoms with Crippen molar-refractivity contribution in [3.05, 3.63) is 0 Å². The maximum Gasteiger partial charge on any atom is 1.00 e. The second kappa shape index (κ2) is 34.8. The molecule has 0 radical (unpaired) electrons. The summed E-state index contributed by atoms with van der Waals surface area (Å²) in [6, 6.07) is 0. The van der Waals surface area contributed by atoms with E-state index in [-0.39, 0.29) is 84.8 Å². The number of unbranched alkanes of at least 4 members (excludes halogenated alkanes) is 16. The van der Waals surface area contributed by atoms with Gasteiger partial charge in [0, 0.05) is 26.5 Å². The van der Waals surface area contributed by atoms with Gasteiger partial charge in [0.2, 0.25) is 5.91 Å². The first-order valence-corrected chi connectivity index (χ1v) is 17.0. The smallest absolute Gasteiger partial charge is 0.790 e. The van der Waals surface area contributed by atoms with Gasteiger partial charge >= 0.3 is 65.1 Å². The van der Waals surface area contributed by atoms with Crippen molar-refractivity contribution in [1.29, 1.82) is 0 Å². The van der Waals surface area contributed by atoms with E-state index in [0.29, 0.717) is 13.0 Å². The van der Waals surface area contributed by atoms with Crippen LogP contribution in [0.4, 0.5) is 0 Å². The van der Waals surface area contributed by atoms with Crippen LogP contribution in [-0.2, 0) is 32.9 Å². The number of phosphoric acid groups is 1. The molecule has 0 aromatic heterocycles. The Labute approximate surface area is 299 Å². The Morgan fingerprint density at radius 3 is 1.74 bits per heavy atom. The number of ether oxygens (including phenoxy) is 3. The molecular weight excluding hydrogens is 583 g/mol. The summed E-state index contributed by atoms with van der Waals surface area (Å²) in [5.41, 5.74) is 0. The molecule has 42 heavy (non-hydrogen) atoms. The molecular formula is C29H56NNa2O9P. The molecule has 10 nitrogen and oxygen atoms in total. The van der Waals surface area contributed by atoms with E-state index in [0.717, 1.165) is 45.1 Å². The monoisotopic (exact) mass is 639 g/mol. The minimum absolute atomic E-state index is 0. The average molecular weight is 640 g/mol. The van der Waals surface area contributed by atoms with Crippen LogP contribution in [0.1, 0.15) is 136 Å². The average Bonchev–Trinajstić information content (AvgIpc) is 2.89. The van der Waals surface area contributed by atoms with Crippen LogP contribution in [0.2, 0.25) is 0 Å². The molecule has 1 N–H and O–H groups in total. The molecule has 0 unspecified atom stereocenters. The molecule has 0 spiro atoms. The molecule has 0 aromatic rings. The second-order valence-electron chi connectivity index (χ2n) is 10.5. The predicted molar refractivity (Wildman–Crippen MR) is 152 cm³/mol. The van der Waals surface area contributed by atoms with Gasteiger partial charge in [0.15, 0.2) is 0 Å². The van der Waals surface area contributed by atoms with Gasteiger partial charge in [0.05, 0.1) is 21.0 Å². The molecule has 0 heterocycles. The first-order valence-electron chi connectivity index (χ1n) is 15.5. The summed E-state index contributed by atoms with van der Waals surface area (Å²) >= 11 is 0. The van der Waals surface area contributed by atoms with Crippen LogP contribution in [-0.4, -0.2) is 51.1 Å². The summed E-state index contributed by atoms with van der Waals surface area (Å²) in [6.45, 7) is 4.36. The van der Waals surface area contributed by atoms with Crippen LogP contribution >= 0.6 is 7.82 Å². The Morgan fingerprint density at radius 1 is 0.714 bits per heavy atom. The molecule has 0 fully saturated rings. The molecule has 0 bridgehead atoms. The van der Waals surface area contributed by atoms with E-state index >= 15 is 0 Å². The summed E-state index contributed by atoms with van der Waals surface area (Å²) in [5.74, 6) is -0.418. The van der Waals surface area contributed by atoms with E-state index in [9.17, 15) is 23.9 Å².